The van der Waals surface area contributed by atoms with E-state index in [1.165, 1.54) is 6.07 Å². The van der Waals surface area contributed by atoms with E-state index in [1.807, 2.05) is 13.8 Å². The van der Waals surface area contributed by atoms with E-state index in [1.54, 1.807) is 43.0 Å². The number of rotatable bonds is 15. The molecule has 0 saturated carbocycles. The summed E-state index contributed by atoms with van der Waals surface area (Å²) in [6.45, 7) is 7.31. The van der Waals surface area contributed by atoms with Crippen molar-refractivity contribution in [2.45, 2.75) is 58.6 Å². The number of likely N-dealkylation sites (N-methyl/N-ethyl adjacent to an activating group) is 1. The number of carbonyl (C=O) groups excluding carboxylic acids is 3. The first-order valence-electron chi connectivity index (χ1n) is 13.7. The molecule has 10 heteroatoms. The molecule has 220 valence electrons. The maximum absolute atomic E-state index is 13.9. The van der Waals surface area contributed by atoms with E-state index in [4.69, 9.17) is 0 Å². The summed E-state index contributed by atoms with van der Waals surface area (Å²) in [5.41, 5.74) is 1.60. The van der Waals surface area contributed by atoms with Gasteiger partial charge in [0.05, 0.1) is 18.7 Å². The molecule has 0 spiro atoms. The van der Waals surface area contributed by atoms with Gasteiger partial charge in [-0.3, -0.25) is 14.4 Å². The predicted molar refractivity (Wildman–Crippen MR) is 151 cm³/mol. The zero-order chi connectivity index (χ0) is 29.8. The standard InChI is InChI=1S/C30H42F2N4O4/c1-6-10-36(11-7-2)30(40)23-13-20(3)12-22(17-23)29(39)34-26(16-21-14-24(31)18-25(32)15-21)27(37)8-9-33-28(38)19-35(4)5/h12-15,17-18,26-27,37H,6-11,16,19H2,1-5H3,(H,33,38)(H,34,39)/t26-,27+/m0/s1. The Morgan fingerprint density at radius 1 is 0.925 bits per heavy atom. The van der Waals surface area contributed by atoms with Crippen molar-refractivity contribution in [3.63, 3.8) is 0 Å². The number of aliphatic hydroxyl groups excluding tert-OH is 1. The summed E-state index contributed by atoms with van der Waals surface area (Å²) in [6.07, 6.45) is 0.528. The van der Waals surface area contributed by atoms with Crippen LogP contribution in [0.25, 0.3) is 0 Å². The smallest absolute Gasteiger partial charge is 0.253 e. The minimum absolute atomic E-state index is 0.0500. The fourth-order valence-electron chi connectivity index (χ4n) is 4.50. The average molecular weight is 561 g/mol. The minimum atomic E-state index is -1.13. The van der Waals surface area contributed by atoms with Crippen LogP contribution in [-0.4, -0.2) is 85.0 Å². The summed E-state index contributed by atoms with van der Waals surface area (Å²) in [6, 6.07) is 7.02. The van der Waals surface area contributed by atoms with E-state index in [-0.39, 0.29) is 48.9 Å². The highest BCUT2D eigenvalue weighted by atomic mass is 19.1. The van der Waals surface area contributed by atoms with Crippen LogP contribution in [0.3, 0.4) is 0 Å². The summed E-state index contributed by atoms with van der Waals surface area (Å²) >= 11 is 0. The lowest BCUT2D eigenvalue weighted by Crippen LogP contribution is -2.46. The maximum Gasteiger partial charge on any atom is 0.253 e. The van der Waals surface area contributed by atoms with Crippen molar-refractivity contribution in [2.24, 2.45) is 0 Å². The summed E-state index contributed by atoms with van der Waals surface area (Å²) in [4.78, 5) is 42.0. The maximum atomic E-state index is 13.9. The van der Waals surface area contributed by atoms with Gasteiger partial charge in [0.2, 0.25) is 5.91 Å². The third-order valence-corrected chi connectivity index (χ3v) is 6.24. The van der Waals surface area contributed by atoms with Crippen LogP contribution in [0, 0.1) is 18.6 Å². The first kappa shape index (κ1) is 32.8. The van der Waals surface area contributed by atoms with Gasteiger partial charge in [-0.05, 0) is 88.2 Å². The Kier molecular flexibility index (Phi) is 13.2. The normalized spacial score (nSPS) is 12.6. The van der Waals surface area contributed by atoms with Gasteiger partial charge in [-0.2, -0.15) is 0 Å². The molecule has 0 heterocycles. The van der Waals surface area contributed by atoms with Crippen LogP contribution in [0.1, 0.15) is 65.0 Å². The van der Waals surface area contributed by atoms with E-state index in [2.05, 4.69) is 10.6 Å². The number of amides is 3. The molecule has 0 bridgehead atoms. The molecule has 3 amide bonds. The lowest BCUT2D eigenvalue weighted by Gasteiger charge is -2.25. The van der Waals surface area contributed by atoms with Crippen LogP contribution in [0.15, 0.2) is 36.4 Å². The molecule has 0 aliphatic carbocycles. The Hall–Kier alpha value is -3.37. The van der Waals surface area contributed by atoms with Crippen LogP contribution < -0.4 is 10.6 Å². The Balaban J connectivity index is 2.26. The molecular formula is C30H42F2N4O4. The highest BCUT2D eigenvalue weighted by Gasteiger charge is 2.24. The number of nitrogens with one attached hydrogen (secondary N) is 2. The van der Waals surface area contributed by atoms with Crippen LogP contribution in [0.5, 0.6) is 0 Å². The highest BCUT2D eigenvalue weighted by Crippen LogP contribution is 2.16. The fourth-order valence-corrected chi connectivity index (χ4v) is 4.50. The lowest BCUT2D eigenvalue weighted by atomic mass is 9.97. The number of aryl methyl sites for hydroxylation is 1. The van der Waals surface area contributed by atoms with Gasteiger partial charge in [-0.15, -0.1) is 0 Å². The van der Waals surface area contributed by atoms with Crippen molar-refractivity contribution in [1.29, 1.82) is 0 Å². The molecular weight excluding hydrogens is 518 g/mol. The molecule has 2 atom stereocenters. The van der Waals surface area contributed by atoms with Crippen molar-refractivity contribution in [1.82, 2.24) is 20.4 Å². The quantitative estimate of drug-likeness (QED) is 0.310. The molecule has 0 aliphatic heterocycles. The number of nitrogens with zero attached hydrogens (tertiary/aromatic N) is 2. The molecule has 0 radical (unpaired) electrons. The minimum Gasteiger partial charge on any atom is -0.391 e. The van der Waals surface area contributed by atoms with Gasteiger partial charge in [0.25, 0.3) is 11.8 Å². The van der Waals surface area contributed by atoms with E-state index < -0.39 is 29.7 Å². The number of hydrogen-bond acceptors (Lipinski definition) is 5. The number of halogens is 2. The Morgan fingerprint density at radius 3 is 2.10 bits per heavy atom. The van der Waals surface area contributed by atoms with Crippen molar-refractivity contribution in [3.05, 3.63) is 70.3 Å². The van der Waals surface area contributed by atoms with Crippen LogP contribution in [0.2, 0.25) is 0 Å². The molecule has 2 aromatic carbocycles. The molecule has 8 nitrogen and oxygen atoms in total. The fraction of sp³-hybridized carbons (Fsp3) is 0.500. The largest absolute Gasteiger partial charge is 0.391 e. The number of benzene rings is 2. The first-order chi connectivity index (χ1) is 18.9. The topological polar surface area (TPSA) is 102 Å². The number of hydrogen-bond donors (Lipinski definition) is 3. The van der Waals surface area contributed by atoms with Crippen molar-refractivity contribution >= 4 is 17.7 Å². The van der Waals surface area contributed by atoms with Gasteiger partial charge < -0.3 is 25.5 Å². The third-order valence-electron chi connectivity index (χ3n) is 6.24. The first-order valence-corrected chi connectivity index (χ1v) is 13.7. The summed E-state index contributed by atoms with van der Waals surface area (Å²) in [5.74, 6) is -2.45. The van der Waals surface area contributed by atoms with Crippen LogP contribution >= 0.6 is 0 Å². The summed E-state index contributed by atoms with van der Waals surface area (Å²) < 4.78 is 27.7. The van der Waals surface area contributed by atoms with Crippen LogP contribution in [0.4, 0.5) is 8.78 Å². The molecule has 40 heavy (non-hydrogen) atoms. The second kappa shape index (κ2) is 16.0. The Morgan fingerprint density at radius 2 is 1.52 bits per heavy atom. The van der Waals surface area contributed by atoms with E-state index >= 15 is 0 Å². The zero-order valence-corrected chi connectivity index (χ0v) is 24.1. The predicted octanol–water partition coefficient (Wildman–Crippen LogP) is 3.31. The number of aliphatic hydroxyl groups is 1. The molecule has 0 aliphatic rings. The molecule has 3 N–H and O–H groups in total. The second-order valence-corrected chi connectivity index (χ2v) is 10.4. The third kappa shape index (κ3) is 10.7. The van der Waals surface area contributed by atoms with Gasteiger partial charge in [-0.1, -0.05) is 13.8 Å². The Labute approximate surface area is 235 Å². The number of carbonyl (C=O) groups is 3. The Bertz CT molecular complexity index is 1130. The molecule has 2 aromatic rings. The van der Waals surface area contributed by atoms with Crippen molar-refractivity contribution < 1.29 is 28.3 Å². The van der Waals surface area contributed by atoms with Gasteiger partial charge in [0, 0.05) is 36.8 Å². The van der Waals surface area contributed by atoms with Crippen molar-refractivity contribution in [3.8, 4) is 0 Å². The average Bonchev–Trinajstić information content (AvgIpc) is 2.86. The van der Waals surface area contributed by atoms with Crippen LogP contribution in [-0.2, 0) is 11.2 Å². The van der Waals surface area contributed by atoms with E-state index in [0.29, 0.717) is 18.7 Å². The van der Waals surface area contributed by atoms with E-state index in [0.717, 1.165) is 36.6 Å². The zero-order valence-electron chi connectivity index (χ0n) is 24.1. The summed E-state index contributed by atoms with van der Waals surface area (Å²) in [7, 11) is 3.51. The molecule has 2 rings (SSSR count). The van der Waals surface area contributed by atoms with Gasteiger partial charge >= 0.3 is 0 Å². The van der Waals surface area contributed by atoms with E-state index in [9.17, 15) is 28.3 Å². The molecule has 0 aromatic heterocycles. The molecule has 0 fully saturated rings. The second-order valence-electron chi connectivity index (χ2n) is 10.4. The highest BCUT2D eigenvalue weighted by molar-refractivity contribution is 6.00. The lowest BCUT2D eigenvalue weighted by molar-refractivity contribution is -0.121. The van der Waals surface area contributed by atoms with Gasteiger partial charge in [0.15, 0.2) is 0 Å². The molecule has 0 saturated heterocycles. The van der Waals surface area contributed by atoms with Gasteiger partial charge in [-0.25, -0.2) is 8.78 Å². The summed E-state index contributed by atoms with van der Waals surface area (Å²) in [5, 5.41) is 16.5. The van der Waals surface area contributed by atoms with Gasteiger partial charge in [0.1, 0.15) is 11.6 Å². The SMILES string of the molecule is CCCN(CCC)C(=O)c1cc(C)cc(C(=O)N[C@@H](Cc2cc(F)cc(F)c2)[C@H](O)CCNC(=O)CN(C)C)c1. The monoisotopic (exact) mass is 560 g/mol. The van der Waals surface area contributed by atoms with Crippen molar-refractivity contribution in [2.75, 3.05) is 40.3 Å². The molecule has 0 unspecified atom stereocenters.